The topological polar surface area (TPSA) is 55.2 Å². The van der Waals surface area contributed by atoms with Crippen molar-refractivity contribution in [3.63, 3.8) is 0 Å². The molecule has 2 unspecified atom stereocenters. The number of hydrogen-bond acceptors (Lipinski definition) is 4. The molecule has 1 aliphatic heterocycles. The third kappa shape index (κ3) is 4.96. The molecule has 1 N–H and O–H groups in total. The van der Waals surface area contributed by atoms with E-state index >= 15 is 0 Å². The van der Waals surface area contributed by atoms with E-state index < -0.39 is 0 Å². The number of nitrogens with one attached hydrogen (secondary N) is 1. The molecule has 0 amide bonds. The normalized spacial score (nSPS) is 16.7. The molecule has 0 spiro atoms. The van der Waals surface area contributed by atoms with Gasteiger partial charge in [0.15, 0.2) is 5.11 Å². The van der Waals surface area contributed by atoms with Gasteiger partial charge in [0.2, 0.25) is 0 Å². The molecule has 5 aromatic rings. The van der Waals surface area contributed by atoms with Crippen molar-refractivity contribution in [1.29, 1.82) is 0 Å². The highest BCUT2D eigenvalue weighted by Gasteiger charge is 2.42. The van der Waals surface area contributed by atoms with E-state index in [0.29, 0.717) is 5.11 Å². The summed E-state index contributed by atoms with van der Waals surface area (Å²) in [7, 11) is 0. The fourth-order valence-electron chi connectivity index (χ4n) is 5.46. The predicted molar refractivity (Wildman–Crippen MR) is 163 cm³/mol. The van der Waals surface area contributed by atoms with Crippen molar-refractivity contribution in [2.45, 2.75) is 39.4 Å². The van der Waals surface area contributed by atoms with Gasteiger partial charge in [-0.2, -0.15) is 0 Å². The Labute approximate surface area is 240 Å². The van der Waals surface area contributed by atoms with Crippen molar-refractivity contribution in [2.24, 2.45) is 0 Å². The summed E-state index contributed by atoms with van der Waals surface area (Å²) in [5, 5.41) is 4.25. The van der Waals surface area contributed by atoms with Crippen LogP contribution in [-0.4, -0.2) is 19.6 Å². The van der Waals surface area contributed by atoms with Crippen LogP contribution in [0, 0.1) is 20.8 Å². The van der Waals surface area contributed by atoms with Crippen LogP contribution in [0.25, 0.3) is 0 Å². The summed E-state index contributed by atoms with van der Waals surface area (Å²) >= 11 is 5.96. The lowest BCUT2D eigenvalue weighted by atomic mass is 9.96. The Morgan fingerprint density at radius 1 is 0.875 bits per heavy atom. The number of ether oxygens (including phenoxy) is 1. The van der Waals surface area contributed by atoms with Gasteiger partial charge >= 0.3 is 0 Å². The van der Waals surface area contributed by atoms with Crippen LogP contribution in [0.4, 0.5) is 5.69 Å². The smallest absolute Gasteiger partial charge is 0.174 e. The van der Waals surface area contributed by atoms with Crippen LogP contribution in [0.15, 0.2) is 104 Å². The molecule has 2 aromatic carbocycles. The molecular weight excluding hydrogens is 514 g/mol. The zero-order valence-corrected chi connectivity index (χ0v) is 23.6. The summed E-state index contributed by atoms with van der Waals surface area (Å²) in [6.45, 7) is 7.18. The summed E-state index contributed by atoms with van der Waals surface area (Å²) in [6, 6.07) is 28.4. The largest absolute Gasteiger partial charge is 0.457 e. The number of rotatable bonds is 7. The average molecular weight is 546 g/mol. The van der Waals surface area contributed by atoms with Crippen LogP contribution in [0.5, 0.6) is 11.5 Å². The van der Waals surface area contributed by atoms with Crippen molar-refractivity contribution >= 4 is 23.0 Å². The molecule has 2 atom stereocenters. The Kier molecular flexibility index (Phi) is 7.05. The lowest BCUT2D eigenvalue weighted by molar-refractivity contribution is 0.479. The van der Waals surface area contributed by atoms with Gasteiger partial charge < -0.3 is 19.5 Å². The van der Waals surface area contributed by atoms with Gasteiger partial charge in [-0.15, -0.1) is 0 Å². The second-order valence-corrected chi connectivity index (χ2v) is 10.5. The predicted octanol–water partition coefficient (Wildman–Crippen LogP) is 7.22. The molecule has 200 valence electrons. The highest BCUT2D eigenvalue weighted by molar-refractivity contribution is 7.80. The molecule has 40 heavy (non-hydrogen) atoms. The van der Waals surface area contributed by atoms with Crippen LogP contribution in [0.3, 0.4) is 0 Å². The van der Waals surface area contributed by atoms with E-state index in [-0.39, 0.29) is 12.1 Å². The number of para-hydroxylation sites is 1. The number of hydrogen-bond donors (Lipinski definition) is 1. The quantitative estimate of drug-likeness (QED) is 0.218. The minimum Gasteiger partial charge on any atom is -0.457 e. The molecule has 0 radical (unpaired) electrons. The van der Waals surface area contributed by atoms with Crippen molar-refractivity contribution < 1.29 is 4.74 Å². The van der Waals surface area contributed by atoms with Crippen LogP contribution in [-0.2, 0) is 6.54 Å². The third-order valence-electron chi connectivity index (χ3n) is 7.56. The molecule has 0 aliphatic carbocycles. The van der Waals surface area contributed by atoms with Crippen molar-refractivity contribution in [3.8, 4) is 11.5 Å². The first-order chi connectivity index (χ1) is 19.5. The van der Waals surface area contributed by atoms with Gasteiger partial charge in [-0.3, -0.25) is 9.97 Å². The molecule has 3 aromatic heterocycles. The number of aryl methyl sites for hydroxylation is 2. The standard InChI is InChI=1S/C33H31N5OS/c1-22-8-4-5-10-30(22)39-27-13-11-26(12-14-27)38-32(31(36-33(38)40)29-9-6-7-17-35-29)28-20-23(2)37(24(28)3)21-25-15-18-34-19-16-25/h4-20,31-32H,21H2,1-3H3,(H,36,40). The molecule has 6 nitrogen and oxygen atoms in total. The minimum atomic E-state index is -0.105. The van der Waals surface area contributed by atoms with Crippen LogP contribution >= 0.6 is 12.2 Å². The van der Waals surface area contributed by atoms with E-state index in [1.54, 1.807) is 0 Å². The molecule has 0 bridgehead atoms. The van der Waals surface area contributed by atoms with Crippen LogP contribution in [0.1, 0.15) is 45.9 Å². The molecule has 1 aliphatic rings. The summed E-state index contributed by atoms with van der Waals surface area (Å²) in [6.07, 6.45) is 5.52. The summed E-state index contributed by atoms with van der Waals surface area (Å²) < 4.78 is 8.53. The number of anilines is 1. The second kappa shape index (κ2) is 10.9. The van der Waals surface area contributed by atoms with Gasteiger partial charge in [0.25, 0.3) is 0 Å². The maximum Gasteiger partial charge on any atom is 0.174 e. The van der Waals surface area contributed by atoms with Gasteiger partial charge in [0, 0.05) is 42.2 Å². The zero-order chi connectivity index (χ0) is 27.6. The Morgan fingerprint density at radius 2 is 1.62 bits per heavy atom. The van der Waals surface area contributed by atoms with Crippen LogP contribution in [0.2, 0.25) is 0 Å². The van der Waals surface area contributed by atoms with Gasteiger partial charge in [-0.05, 0) is 110 Å². The SMILES string of the molecule is Cc1ccccc1Oc1ccc(N2C(=S)NC(c3ccccn3)C2c2cc(C)n(Cc3ccncc3)c2C)cc1. The molecule has 7 heteroatoms. The van der Waals surface area contributed by atoms with Gasteiger partial charge in [0.05, 0.1) is 17.8 Å². The van der Waals surface area contributed by atoms with Gasteiger partial charge in [-0.1, -0.05) is 24.3 Å². The highest BCUT2D eigenvalue weighted by atomic mass is 32.1. The van der Waals surface area contributed by atoms with E-state index in [4.69, 9.17) is 21.9 Å². The first-order valence-electron chi connectivity index (χ1n) is 13.4. The highest BCUT2D eigenvalue weighted by Crippen LogP contribution is 2.43. The summed E-state index contributed by atoms with van der Waals surface area (Å²) in [4.78, 5) is 11.1. The first-order valence-corrected chi connectivity index (χ1v) is 13.8. The molecule has 4 heterocycles. The Bertz CT molecular complexity index is 1630. The molecule has 0 saturated carbocycles. The molecule has 1 saturated heterocycles. The maximum atomic E-state index is 6.17. The monoisotopic (exact) mass is 545 g/mol. The molecule has 6 rings (SSSR count). The van der Waals surface area contributed by atoms with Crippen LogP contribution < -0.4 is 15.0 Å². The number of nitrogens with zero attached hydrogens (tertiary/aromatic N) is 4. The second-order valence-electron chi connectivity index (χ2n) is 10.1. The zero-order valence-electron chi connectivity index (χ0n) is 22.8. The Balaban J connectivity index is 1.38. The van der Waals surface area contributed by atoms with Gasteiger partial charge in [-0.25, -0.2) is 0 Å². The minimum absolute atomic E-state index is 0.0806. The first kappa shape index (κ1) is 25.8. The van der Waals surface area contributed by atoms with Crippen molar-refractivity contribution in [2.75, 3.05) is 4.90 Å². The van der Waals surface area contributed by atoms with E-state index in [1.807, 2.05) is 74.0 Å². The fourth-order valence-corrected chi connectivity index (χ4v) is 5.81. The van der Waals surface area contributed by atoms with E-state index in [9.17, 15) is 0 Å². The third-order valence-corrected chi connectivity index (χ3v) is 7.87. The molecular formula is C33H31N5OS. The number of aromatic nitrogens is 3. The Morgan fingerprint density at radius 3 is 2.35 bits per heavy atom. The molecule has 1 fully saturated rings. The van der Waals surface area contributed by atoms with Crippen molar-refractivity contribution in [1.82, 2.24) is 19.9 Å². The summed E-state index contributed by atoms with van der Waals surface area (Å²) in [5.41, 5.74) is 7.88. The lowest BCUT2D eigenvalue weighted by Crippen LogP contribution is -2.29. The maximum absolute atomic E-state index is 6.17. The van der Waals surface area contributed by atoms with Crippen molar-refractivity contribution in [3.05, 3.63) is 137 Å². The Hall–Kier alpha value is -4.49. The lowest BCUT2D eigenvalue weighted by Gasteiger charge is -2.28. The van der Waals surface area contributed by atoms with E-state index in [1.165, 1.54) is 22.5 Å². The average Bonchev–Trinajstić information content (AvgIpc) is 3.46. The van der Waals surface area contributed by atoms with Gasteiger partial charge in [0.1, 0.15) is 11.5 Å². The number of pyridine rings is 2. The van der Waals surface area contributed by atoms with E-state index in [2.05, 4.69) is 70.0 Å². The number of benzene rings is 2. The van der Waals surface area contributed by atoms with E-state index in [0.717, 1.165) is 35.0 Å². The summed E-state index contributed by atoms with van der Waals surface area (Å²) in [5.74, 6) is 1.63. The number of thiocarbonyl (C=S) groups is 1. The fraction of sp³-hybridized carbons (Fsp3) is 0.182.